The molecule has 0 spiro atoms. The minimum Gasteiger partial charge on any atom is -0.450 e. The second-order valence-electron chi connectivity index (χ2n) is 1.42. The van der Waals surface area contributed by atoms with Gasteiger partial charge in [-0.1, -0.05) is 37.4 Å². The number of imidazole rings is 2. The Labute approximate surface area is 74.9 Å². The summed E-state index contributed by atoms with van der Waals surface area (Å²) in [5.74, 6) is 0. The van der Waals surface area contributed by atoms with Crippen molar-refractivity contribution in [2.45, 2.75) is 0 Å². The van der Waals surface area contributed by atoms with Gasteiger partial charge in [0.05, 0.1) is 0 Å². The molecule has 0 aromatic carbocycles. The molecular formula is C6H6CuN4. The molecule has 0 aliphatic heterocycles. The molecule has 0 N–H and O–H groups in total. The molecule has 2 aromatic heterocycles. The van der Waals surface area contributed by atoms with E-state index in [-0.39, 0.29) is 17.1 Å². The molecule has 2 heterocycles. The summed E-state index contributed by atoms with van der Waals surface area (Å²) < 4.78 is 0. The third-order valence-electron chi connectivity index (χ3n) is 0.744. The third kappa shape index (κ3) is 5.39. The number of aromatic nitrogens is 4. The van der Waals surface area contributed by atoms with Crippen LogP contribution in [0.4, 0.5) is 0 Å². The zero-order chi connectivity index (χ0) is 7.07. The SMILES string of the molecule is [Cu+2].c1c[n-]cn1.c1c[n-]cn1. The first-order valence-electron chi connectivity index (χ1n) is 2.73. The van der Waals surface area contributed by atoms with Gasteiger partial charge in [-0.25, -0.2) is 0 Å². The van der Waals surface area contributed by atoms with Gasteiger partial charge < -0.3 is 19.9 Å². The van der Waals surface area contributed by atoms with E-state index in [1.165, 1.54) is 12.7 Å². The van der Waals surface area contributed by atoms with Crippen LogP contribution in [-0.4, -0.2) is 9.97 Å². The molecule has 0 atom stereocenters. The van der Waals surface area contributed by atoms with Gasteiger partial charge >= 0.3 is 17.1 Å². The Morgan fingerprint density at radius 1 is 0.818 bits per heavy atom. The van der Waals surface area contributed by atoms with Gasteiger partial charge in [-0.2, -0.15) is 0 Å². The quantitative estimate of drug-likeness (QED) is 0.562. The Morgan fingerprint density at radius 2 is 1.27 bits per heavy atom. The van der Waals surface area contributed by atoms with Crippen LogP contribution in [0, 0.1) is 0 Å². The maximum atomic E-state index is 3.61. The summed E-state index contributed by atoms with van der Waals surface area (Å²) in [4.78, 5) is 14.4. The molecule has 5 heteroatoms. The van der Waals surface area contributed by atoms with Crippen molar-refractivity contribution in [2.24, 2.45) is 0 Å². The molecule has 2 aromatic rings. The molecule has 4 nitrogen and oxygen atoms in total. The fourth-order valence-corrected chi connectivity index (χ4v) is 0.385. The Hall–Kier alpha value is -1.06. The van der Waals surface area contributed by atoms with Crippen molar-refractivity contribution in [3.05, 3.63) is 37.4 Å². The summed E-state index contributed by atoms with van der Waals surface area (Å²) in [6, 6.07) is 0. The van der Waals surface area contributed by atoms with Crippen LogP contribution >= 0.6 is 0 Å². The summed E-state index contributed by atoms with van der Waals surface area (Å²) in [7, 11) is 0. The maximum Gasteiger partial charge on any atom is 2.00 e. The van der Waals surface area contributed by atoms with Crippen molar-refractivity contribution in [1.29, 1.82) is 0 Å². The molecule has 2 rings (SSSR count). The molecule has 0 aliphatic rings. The van der Waals surface area contributed by atoms with Gasteiger partial charge in [-0.05, 0) is 0 Å². The monoisotopic (exact) mass is 197 g/mol. The van der Waals surface area contributed by atoms with Crippen LogP contribution in [0.15, 0.2) is 37.4 Å². The van der Waals surface area contributed by atoms with Crippen molar-refractivity contribution >= 4 is 0 Å². The number of rotatable bonds is 0. The van der Waals surface area contributed by atoms with Gasteiger partial charge in [0.25, 0.3) is 0 Å². The molecule has 0 saturated heterocycles. The zero-order valence-electron chi connectivity index (χ0n) is 5.55. The predicted octanol–water partition coefficient (Wildman–Crippen LogP) is 0.0751. The maximum absolute atomic E-state index is 3.61. The van der Waals surface area contributed by atoms with Crippen LogP contribution in [0.25, 0.3) is 0 Å². The Bertz CT molecular complexity index is 154. The Morgan fingerprint density at radius 3 is 1.36 bits per heavy atom. The second-order valence-corrected chi connectivity index (χ2v) is 1.42. The number of hydrogen-bond donors (Lipinski definition) is 0. The van der Waals surface area contributed by atoms with E-state index in [9.17, 15) is 0 Å². The molecule has 11 heavy (non-hydrogen) atoms. The molecule has 0 bridgehead atoms. The van der Waals surface area contributed by atoms with E-state index in [0.717, 1.165) is 0 Å². The summed E-state index contributed by atoms with van der Waals surface area (Å²) in [6.45, 7) is 0. The standard InChI is InChI=1S/2C3H3N2.Cu/c2*1-2-5-3-4-1;/h2*1-3H;/q2*-1;+2. The molecular weight excluding hydrogens is 192 g/mol. The molecule has 0 saturated carbocycles. The van der Waals surface area contributed by atoms with Gasteiger partial charge in [0.2, 0.25) is 0 Å². The van der Waals surface area contributed by atoms with E-state index in [0.29, 0.717) is 0 Å². The largest absolute Gasteiger partial charge is 2.00 e. The molecule has 0 aliphatic carbocycles. The van der Waals surface area contributed by atoms with Crippen molar-refractivity contribution in [3.63, 3.8) is 0 Å². The van der Waals surface area contributed by atoms with Crippen molar-refractivity contribution < 1.29 is 17.1 Å². The fourth-order valence-electron chi connectivity index (χ4n) is 0.385. The average Bonchev–Trinajstić information content (AvgIpc) is 2.67. The minimum absolute atomic E-state index is 0. The zero-order valence-corrected chi connectivity index (χ0v) is 6.50. The summed E-state index contributed by atoms with van der Waals surface area (Å²) in [5, 5.41) is 0. The normalized spacial score (nSPS) is 7.27. The van der Waals surface area contributed by atoms with Crippen molar-refractivity contribution in [1.82, 2.24) is 19.9 Å². The van der Waals surface area contributed by atoms with Crippen LogP contribution in [0.5, 0.6) is 0 Å². The summed E-state index contributed by atoms with van der Waals surface area (Å²) >= 11 is 0. The van der Waals surface area contributed by atoms with Gasteiger partial charge in [0, 0.05) is 0 Å². The third-order valence-corrected chi connectivity index (χ3v) is 0.744. The van der Waals surface area contributed by atoms with E-state index >= 15 is 0 Å². The van der Waals surface area contributed by atoms with Crippen LogP contribution in [-0.2, 0) is 17.1 Å². The number of hydrogen-bond acceptors (Lipinski definition) is 2. The van der Waals surface area contributed by atoms with E-state index in [2.05, 4.69) is 19.9 Å². The first-order chi connectivity index (χ1) is 5.00. The Balaban J connectivity index is 0.000000167. The number of nitrogens with zero attached hydrogens (tertiary/aromatic N) is 4. The van der Waals surface area contributed by atoms with E-state index < -0.39 is 0 Å². The summed E-state index contributed by atoms with van der Waals surface area (Å²) in [6.07, 6.45) is 9.56. The molecule has 1 radical (unpaired) electrons. The first-order valence-corrected chi connectivity index (χ1v) is 2.73. The molecule has 0 unspecified atom stereocenters. The molecule has 0 amide bonds. The van der Waals surface area contributed by atoms with Crippen LogP contribution < -0.4 is 9.97 Å². The summed E-state index contributed by atoms with van der Waals surface area (Å²) in [5.41, 5.74) is 0. The van der Waals surface area contributed by atoms with Gasteiger partial charge in [-0.15, -0.1) is 0 Å². The first kappa shape index (κ1) is 9.94. The van der Waals surface area contributed by atoms with Crippen molar-refractivity contribution in [3.8, 4) is 0 Å². The van der Waals surface area contributed by atoms with Crippen LogP contribution in [0.3, 0.4) is 0 Å². The van der Waals surface area contributed by atoms with Crippen molar-refractivity contribution in [2.75, 3.05) is 0 Å². The average molecular weight is 198 g/mol. The van der Waals surface area contributed by atoms with Crippen LogP contribution in [0.2, 0.25) is 0 Å². The minimum atomic E-state index is 0. The van der Waals surface area contributed by atoms with E-state index in [1.54, 1.807) is 24.8 Å². The second kappa shape index (κ2) is 7.05. The smallest absolute Gasteiger partial charge is 0.450 e. The van der Waals surface area contributed by atoms with Crippen LogP contribution in [0.1, 0.15) is 0 Å². The van der Waals surface area contributed by atoms with E-state index in [1.807, 2.05) is 0 Å². The molecule has 61 valence electrons. The van der Waals surface area contributed by atoms with E-state index in [4.69, 9.17) is 0 Å². The fraction of sp³-hybridized carbons (Fsp3) is 0. The topological polar surface area (TPSA) is 54.0 Å². The van der Waals surface area contributed by atoms with Gasteiger partial charge in [0.15, 0.2) is 0 Å². The van der Waals surface area contributed by atoms with Gasteiger partial charge in [-0.3, -0.25) is 0 Å². The van der Waals surface area contributed by atoms with Gasteiger partial charge in [0.1, 0.15) is 0 Å². The molecule has 0 fully saturated rings. The Kier molecular flexibility index (Phi) is 6.37. The predicted molar refractivity (Wildman–Crippen MR) is 35.1 cm³/mol.